The van der Waals surface area contributed by atoms with Gasteiger partial charge in [-0.05, 0) is 37.6 Å². The molecule has 0 saturated carbocycles. The van der Waals surface area contributed by atoms with E-state index in [-0.39, 0.29) is 27.8 Å². The summed E-state index contributed by atoms with van der Waals surface area (Å²) in [6, 6.07) is 11.4. The first-order valence-electron chi connectivity index (χ1n) is 8.22. The van der Waals surface area contributed by atoms with Crippen molar-refractivity contribution in [2.24, 2.45) is 0 Å². The van der Waals surface area contributed by atoms with E-state index < -0.39 is 17.6 Å². The van der Waals surface area contributed by atoms with Gasteiger partial charge in [-0.3, -0.25) is 4.79 Å². The number of carbonyl (C=O) groups is 2. The summed E-state index contributed by atoms with van der Waals surface area (Å²) < 4.78 is 32.0. The van der Waals surface area contributed by atoms with Gasteiger partial charge in [-0.15, -0.1) is 0 Å². The normalized spacial score (nSPS) is 10.6. The first-order chi connectivity index (χ1) is 13.3. The van der Waals surface area contributed by atoms with Crippen LogP contribution in [0.1, 0.15) is 37.5 Å². The van der Waals surface area contributed by atoms with E-state index in [0.717, 1.165) is 0 Å². The van der Waals surface area contributed by atoms with Crippen molar-refractivity contribution >= 4 is 23.4 Å². The molecule has 142 valence electrons. The van der Waals surface area contributed by atoms with E-state index in [1.807, 2.05) is 0 Å². The molecule has 0 bridgehead atoms. The van der Waals surface area contributed by atoms with Crippen molar-refractivity contribution in [1.82, 2.24) is 4.98 Å². The third kappa shape index (κ3) is 3.92. The second-order valence-corrected chi connectivity index (χ2v) is 6.50. The molecule has 1 aromatic heterocycles. The Kier molecular flexibility index (Phi) is 5.51. The lowest BCUT2D eigenvalue weighted by Gasteiger charge is -2.13. The number of aromatic nitrogens is 1. The lowest BCUT2D eigenvalue weighted by atomic mass is 10.00. The van der Waals surface area contributed by atoms with Gasteiger partial charge in [0.25, 0.3) is 0 Å². The van der Waals surface area contributed by atoms with Crippen LogP contribution in [0.5, 0.6) is 5.88 Å². The Morgan fingerprint density at radius 3 is 2.32 bits per heavy atom. The maximum absolute atomic E-state index is 13.5. The summed E-state index contributed by atoms with van der Waals surface area (Å²) >= 11 is 5.83. The highest BCUT2D eigenvalue weighted by Crippen LogP contribution is 2.27. The van der Waals surface area contributed by atoms with E-state index >= 15 is 0 Å². The molecular weight excluding hydrogens is 388 g/mol. The largest absolute Gasteiger partial charge is 0.403 e. The summed E-state index contributed by atoms with van der Waals surface area (Å²) in [4.78, 5) is 29.5. The second-order valence-electron chi connectivity index (χ2n) is 6.09. The van der Waals surface area contributed by atoms with Gasteiger partial charge in [-0.25, -0.2) is 18.6 Å². The van der Waals surface area contributed by atoms with Crippen LogP contribution in [0.4, 0.5) is 8.78 Å². The summed E-state index contributed by atoms with van der Waals surface area (Å²) in [7, 11) is 0. The molecule has 0 aliphatic rings. The average Bonchev–Trinajstić information content (AvgIpc) is 2.64. The predicted octanol–water partition coefficient (Wildman–Crippen LogP) is 5.08. The van der Waals surface area contributed by atoms with Gasteiger partial charge in [0.05, 0.1) is 16.1 Å². The molecule has 0 spiro atoms. The minimum absolute atomic E-state index is 0.101. The predicted molar refractivity (Wildman–Crippen MR) is 99.9 cm³/mol. The number of ether oxygens (including phenoxy) is 1. The van der Waals surface area contributed by atoms with Crippen LogP contribution < -0.4 is 4.74 Å². The Bertz CT molecular complexity index is 1080. The Morgan fingerprint density at radius 2 is 1.64 bits per heavy atom. The number of benzene rings is 2. The van der Waals surface area contributed by atoms with Crippen molar-refractivity contribution in [2.75, 3.05) is 0 Å². The smallest absolute Gasteiger partial charge is 0.346 e. The van der Waals surface area contributed by atoms with Crippen LogP contribution in [0, 0.1) is 25.5 Å². The summed E-state index contributed by atoms with van der Waals surface area (Å²) in [6.07, 6.45) is 0. The lowest BCUT2D eigenvalue weighted by Crippen LogP contribution is -2.16. The maximum Gasteiger partial charge on any atom is 0.346 e. The van der Waals surface area contributed by atoms with Crippen molar-refractivity contribution < 1.29 is 23.1 Å². The van der Waals surface area contributed by atoms with E-state index in [0.29, 0.717) is 29.0 Å². The number of carbonyl (C=O) groups excluding carboxylic acids is 2. The molecular formula is C21H14ClF2NO3. The van der Waals surface area contributed by atoms with Crippen LogP contribution in [0.25, 0.3) is 0 Å². The van der Waals surface area contributed by atoms with E-state index in [2.05, 4.69) is 4.98 Å². The number of ketones is 1. The molecule has 3 aromatic rings. The number of hydrogen-bond acceptors (Lipinski definition) is 4. The number of halogens is 3. The molecule has 7 heteroatoms. The zero-order valence-electron chi connectivity index (χ0n) is 14.9. The van der Waals surface area contributed by atoms with Crippen LogP contribution in [0.2, 0.25) is 5.02 Å². The van der Waals surface area contributed by atoms with Gasteiger partial charge < -0.3 is 4.74 Å². The van der Waals surface area contributed by atoms with Crippen molar-refractivity contribution in [3.8, 4) is 5.88 Å². The highest BCUT2D eigenvalue weighted by atomic mass is 35.5. The summed E-state index contributed by atoms with van der Waals surface area (Å²) in [5, 5.41) is -0.316. The lowest BCUT2D eigenvalue weighted by molar-refractivity contribution is 0.0724. The molecule has 28 heavy (non-hydrogen) atoms. The summed E-state index contributed by atoms with van der Waals surface area (Å²) in [5.41, 5.74) is 1.18. The molecule has 0 unspecified atom stereocenters. The van der Waals surface area contributed by atoms with Gasteiger partial charge in [0, 0.05) is 11.3 Å². The minimum Gasteiger partial charge on any atom is -0.403 e. The molecule has 0 aliphatic carbocycles. The highest BCUT2D eigenvalue weighted by molar-refractivity contribution is 6.33. The molecule has 0 radical (unpaired) electrons. The Hall–Kier alpha value is -3.12. The Balaban J connectivity index is 2.04. The molecule has 0 atom stereocenters. The monoisotopic (exact) mass is 401 g/mol. The van der Waals surface area contributed by atoms with Gasteiger partial charge in [-0.1, -0.05) is 41.9 Å². The van der Waals surface area contributed by atoms with Gasteiger partial charge in [0.1, 0.15) is 0 Å². The van der Waals surface area contributed by atoms with Crippen LogP contribution in [-0.4, -0.2) is 16.7 Å². The van der Waals surface area contributed by atoms with E-state index in [9.17, 15) is 18.4 Å². The zero-order valence-corrected chi connectivity index (χ0v) is 15.7. The fourth-order valence-corrected chi connectivity index (χ4v) is 2.94. The summed E-state index contributed by atoms with van der Waals surface area (Å²) in [5.74, 6) is -4.10. The van der Waals surface area contributed by atoms with Crippen LogP contribution in [0.15, 0.2) is 48.5 Å². The standard InChI is InChI=1S/C21H14ClF2NO3/c1-11-8-12(2)25-20(18(11)19(26)13-6-4-3-5-7-13)28-21(27)14-9-16(23)17(24)10-15(14)22/h3-10H,1-2H3. The molecule has 3 rings (SSSR count). The van der Waals surface area contributed by atoms with Crippen molar-refractivity contribution in [2.45, 2.75) is 13.8 Å². The number of aryl methyl sites for hydroxylation is 2. The zero-order chi connectivity index (χ0) is 20.4. The number of pyridine rings is 1. The molecule has 4 nitrogen and oxygen atoms in total. The van der Waals surface area contributed by atoms with E-state index in [1.165, 1.54) is 0 Å². The first kappa shape index (κ1) is 19.6. The average molecular weight is 402 g/mol. The van der Waals surface area contributed by atoms with Crippen molar-refractivity contribution in [3.05, 3.63) is 93.1 Å². The second kappa shape index (κ2) is 7.86. The van der Waals surface area contributed by atoms with E-state index in [1.54, 1.807) is 50.2 Å². The van der Waals surface area contributed by atoms with Crippen LogP contribution >= 0.6 is 11.6 Å². The minimum atomic E-state index is -1.25. The third-order valence-corrected chi connectivity index (χ3v) is 4.31. The molecule has 1 heterocycles. The van der Waals surface area contributed by atoms with Gasteiger partial charge >= 0.3 is 5.97 Å². The third-order valence-electron chi connectivity index (χ3n) is 3.99. The molecule has 0 aliphatic heterocycles. The van der Waals surface area contributed by atoms with Gasteiger partial charge in [0.2, 0.25) is 5.88 Å². The molecule has 0 saturated heterocycles. The quantitative estimate of drug-likeness (QED) is 0.347. The number of hydrogen-bond donors (Lipinski definition) is 0. The first-order valence-corrected chi connectivity index (χ1v) is 8.60. The maximum atomic E-state index is 13.5. The van der Waals surface area contributed by atoms with Crippen molar-refractivity contribution in [1.29, 1.82) is 0 Å². The van der Waals surface area contributed by atoms with Crippen molar-refractivity contribution in [3.63, 3.8) is 0 Å². The Morgan fingerprint density at radius 1 is 1.00 bits per heavy atom. The fraction of sp³-hybridized carbons (Fsp3) is 0.0952. The fourth-order valence-electron chi connectivity index (χ4n) is 2.71. The molecule has 0 fully saturated rings. The summed E-state index contributed by atoms with van der Waals surface area (Å²) in [6.45, 7) is 3.36. The van der Waals surface area contributed by atoms with E-state index in [4.69, 9.17) is 16.3 Å². The number of nitrogens with zero attached hydrogens (tertiary/aromatic N) is 1. The molecule has 0 N–H and O–H groups in total. The number of esters is 1. The van der Waals surface area contributed by atoms with Gasteiger partial charge in [0.15, 0.2) is 17.4 Å². The molecule has 2 aromatic carbocycles. The Labute approximate surface area is 164 Å². The highest BCUT2D eigenvalue weighted by Gasteiger charge is 2.24. The topological polar surface area (TPSA) is 56.3 Å². The SMILES string of the molecule is Cc1cc(C)c(C(=O)c2ccccc2)c(OC(=O)c2cc(F)c(F)cc2Cl)n1. The molecule has 0 amide bonds. The van der Waals surface area contributed by atoms with Crippen LogP contribution in [0.3, 0.4) is 0 Å². The number of rotatable bonds is 4. The van der Waals surface area contributed by atoms with Gasteiger partial charge in [-0.2, -0.15) is 0 Å². The van der Waals surface area contributed by atoms with Crippen LogP contribution in [-0.2, 0) is 0 Å².